The third-order valence-corrected chi connectivity index (χ3v) is 5.14. The summed E-state index contributed by atoms with van der Waals surface area (Å²) in [7, 11) is -2.85. The zero-order valence-electron chi connectivity index (χ0n) is 12.2. The van der Waals surface area contributed by atoms with E-state index in [0.717, 1.165) is 24.6 Å². The molecule has 0 radical (unpaired) electrons. The normalized spacial score (nSPS) is 11.7. The van der Waals surface area contributed by atoms with Crippen LogP contribution in [0.15, 0.2) is 24.4 Å². The number of hydrogen-bond acceptors (Lipinski definition) is 4. The SMILES string of the molecule is CCCO[Si](OCCC)(OCCC)c1ccccn1. The topological polar surface area (TPSA) is 40.6 Å². The van der Waals surface area contributed by atoms with E-state index in [1.165, 1.54) is 0 Å². The van der Waals surface area contributed by atoms with Crippen LogP contribution in [0.4, 0.5) is 0 Å². The van der Waals surface area contributed by atoms with Crippen LogP contribution in [0.2, 0.25) is 0 Å². The maximum absolute atomic E-state index is 6.00. The molecule has 0 aliphatic carbocycles. The van der Waals surface area contributed by atoms with Gasteiger partial charge in [0.05, 0.1) is 0 Å². The van der Waals surface area contributed by atoms with Crippen molar-refractivity contribution < 1.29 is 13.3 Å². The molecule has 19 heavy (non-hydrogen) atoms. The van der Waals surface area contributed by atoms with E-state index < -0.39 is 8.80 Å². The molecule has 1 aromatic heterocycles. The number of aromatic nitrogens is 1. The lowest BCUT2D eigenvalue weighted by Crippen LogP contribution is -2.58. The van der Waals surface area contributed by atoms with Crippen LogP contribution in [0, 0.1) is 0 Å². The van der Waals surface area contributed by atoms with Gasteiger partial charge < -0.3 is 13.3 Å². The summed E-state index contributed by atoms with van der Waals surface area (Å²) in [5, 5.41) is 0.811. The van der Waals surface area contributed by atoms with Crippen LogP contribution in [0.1, 0.15) is 40.0 Å². The Kier molecular flexibility index (Phi) is 7.89. The van der Waals surface area contributed by atoms with Crippen LogP contribution in [0.25, 0.3) is 0 Å². The smallest absolute Gasteiger partial charge is 0.369 e. The molecule has 5 heteroatoms. The molecule has 0 aliphatic heterocycles. The van der Waals surface area contributed by atoms with Gasteiger partial charge >= 0.3 is 8.80 Å². The molecular weight excluding hydrogens is 258 g/mol. The van der Waals surface area contributed by atoms with Gasteiger partial charge in [0.25, 0.3) is 0 Å². The second kappa shape index (κ2) is 9.20. The summed E-state index contributed by atoms with van der Waals surface area (Å²) in [6.07, 6.45) is 4.57. The highest BCUT2D eigenvalue weighted by molar-refractivity contribution is 6.74. The molecule has 0 saturated carbocycles. The van der Waals surface area contributed by atoms with Crippen molar-refractivity contribution >= 4 is 14.1 Å². The fraction of sp³-hybridized carbons (Fsp3) is 0.643. The minimum Gasteiger partial charge on any atom is -0.369 e. The van der Waals surface area contributed by atoms with Crippen LogP contribution < -0.4 is 5.32 Å². The molecule has 1 rings (SSSR count). The molecule has 0 bridgehead atoms. The largest absolute Gasteiger partial charge is 0.556 e. The number of hydrogen-bond donors (Lipinski definition) is 0. The summed E-state index contributed by atoms with van der Waals surface area (Å²) >= 11 is 0. The van der Waals surface area contributed by atoms with Crippen molar-refractivity contribution in [1.29, 1.82) is 0 Å². The fourth-order valence-corrected chi connectivity index (χ4v) is 4.25. The number of nitrogens with zero attached hydrogens (tertiary/aromatic N) is 1. The minimum absolute atomic E-state index is 0.635. The zero-order valence-corrected chi connectivity index (χ0v) is 13.2. The highest BCUT2D eigenvalue weighted by Gasteiger charge is 2.45. The summed E-state index contributed by atoms with van der Waals surface area (Å²) in [4.78, 5) is 4.40. The van der Waals surface area contributed by atoms with E-state index in [9.17, 15) is 0 Å². The summed E-state index contributed by atoms with van der Waals surface area (Å²) in [6, 6.07) is 5.78. The Labute approximate surface area is 117 Å². The molecule has 0 N–H and O–H groups in total. The van der Waals surface area contributed by atoms with Crippen molar-refractivity contribution in [3.05, 3.63) is 24.4 Å². The first kappa shape index (κ1) is 16.3. The van der Waals surface area contributed by atoms with E-state index >= 15 is 0 Å². The molecular formula is C14H25NO3Si. The molecule has 0 aromatic carbocycles. The van der Waals surface area contributed by atoms with Crippen LogP contribution in [-0.4, -0.2) is 33.6 Å². The standard InChI is InChI=1S/C14H25NO3Si/c1-4-11-16-19(17-12-5-2,18-13-6-3)14-9-7-8-10-15-14/h7-10H,4-6,11-13H2,1-3H3. The lowest BCUT2D eigenvalue weighted by Gasteiger charge is -2.28. The Morgan fingerprint density at radius 2 is 1.42 bits per heavy atom. The maximum Gasteiger partial charge on any atom is 0.556 e. The molecule has 0 aliphatic rings. The van der Waals surface area contributed by atoms with Gasteiger partial charge in [-0.3, -0.25) is 4.98 Å². The quantitative estimate of drug-likeness (QED) is 0.619. The van der Waals surface area contributed by atoms with E-state index in [1.54, 1.807) is 6.20 Å². The first-order valence-electron chi connectivity index (χ1n) is 7.12. The van der Waals surface area contributed by atoms with Crippen molar-refractivity contribution in [2.75, 3.05) is 19.8 Å². The lowest BCUT2D eigenvalue weighted by molar-refractivity contribution is 0.0723. The highest BCUT2D eigenvalue weighted by Crippen LogP contribution is 2.11. The zero-order chi connectivity index (χ0) is 14.0. The van der Waals surface area contributed by atoms with Gasteiger partial charge in [0, 0.05) is 26.0 Å². The van der Waals surface area contributed by atoms with Gasteiger partial charge in [0.1, 0.15) is 5.32 Å². The first-order chi connectivity index (χ1) is 9.29. The van der Waals surface area contributed by atoms with Crippen LogP contribution >= 0.6 is 0 Å². The Morgan fingerprint density at radius 3 is 1.79 bits per heavy atom. The Hall–Kier alpha value is -0.753. The van der Waals surface area contributed by atoms with Crippen LogP contribution in [0.5, 0.6) is 0 Å². The molecule has 108 valence electrons. The fourth-order valence-electron chi connectivity index (χ4n) is 1.60. The summed E-state index contributed by atoms with van der Waals surface area (Å²) < 4.78 is 18.0. The van der Waals surface area contributed by atoms with E-state index in [1.807, 2.05) is 18.2 Å². The third-order valence-electron chi connectivity index (χ3n) is 2.47. The monoisotopic (exact) mass is 283 g/mol. The summed E-state index contributed by atoms with van der Waals surface area (Å²) in [5.74, 6) is 0. The van der Waals surface area contributed by atoms with Crippen molar-refractivity contribution in [3.8, 4) is 0 Å². The molecule has 0 amide bonds. The molecule has 0 saturated heterocycles. The molecule has 0 fully saturated rings. The Bertz CT molecular complexity index is 313. The van der Waals surface area contributed by atoms with Crippen molar-refractivity contribution in [2.45, 2.75) is 40.0 Å². The number of pyridine rings is 1. The van der Waals surface area contributed by atoms with Gasteiger partial charge in [-0.2, -0.15) is 0 Å². The first-order valence-corrected chi connectivity index (χ1v) is 8.84. The van der Waals surface area contributed by atoms with Crippen molar-refractivity contribution in [3.63, 3.8) is 0 Å². The maximum atomic E-state index is 6.00. The number of rotatable bonds is 10. The molecule has 1 aromatic rings. The van der Waals surface area contributed by atoms with Gasteiger partial charge in [-0.1, -0.05) is 26.8 Å². The van der Waals surface area contributed by atoms with Gasteiger partial charge in [-0.25, -0.2) is 0 Å². The molecule has 0 unspecified atom stereocenters. The molecule has 0 spiro atoms. The van der Waals surface area contributed by atoms with E-state index in [2.05, 4.69) is 25.8 Å². The third kappa shape index (κ3) is 5.02. The lowest BCUT2D eigenvalue weighted by atomic mass is 10.5. The van der Waals surface area contributed by atoms with Gasteiger partial charge in [0.2, 0.25) is 0 Å². The predicted octanol–water partition coefficient (Wildman–Crippen LogP) is 2.51. The minimum atomic E-state index is -2.85. The molecule has 1 heterocycles. The van der Waals surface area contributed by atoms with Gasteiger partial charge in [0.15, 0.2) is 0 Å². The second-order valence-electron chi connectivity index (χ2n) is 4.32. The van der Waals surface area contributed by atoms with Gasteiger partial charge in [-0.15, -0.1) is 0 Å². The Balaban J connectivity index is 2.94. The van der Waals surface area contributed by atoms with Crippen molar-refractivity contribution in [1.82, 2.24) is 4.98 Å². The van der Waals surface area contributed by atoms with Crippen LogP contribution in [-0.2, 0) is 13.3 Å². The molecule has 4 nitrogen and oxygen atoms in total. The van der Waals surface area contributed by atoms with Crippen LogP contribution in [0.3, 0.4) is 0 Å². The van der Waals surface area contributed by atoms with E-state index in [4.69, 9.17) is 13.3 Å². The average Bonchev–Trinajstić information content (AvgIpc) is 2.48. The summed E-state index contributed by atoms with van der Waals surface area (Å²) in [5.41, 5.74) is 0. The van der Waals surface area contributed by atoms with E-state index in [0.29, 0.717) is 19.8 Å². The van der Waals surface area contributed by atoms with Gasteiger partial charge in [-0.05, 0) is 31.4 Å². The molecule has 0 atom stereocenters. The average molecular weight is 283 g/mol. The second-order valence-corrected chi connectivity index (χ2v) is 6.81. The van der Waals surface area contributed by atoms with Crippen molar-refractivity contribution in [2.24, 2.45) is 0 Å². The van der Waals surface area contributed by atoms with E-state index in [-0.39, 0.29) is 0 Å². The Morgan fingerprint density at radius 1 is 0.895 bits per heavy atom. The predicted molar refractivity (Wildman–Crippen MR) is 78.4 cm³/mol. The highest BCUT2D eigenvalue weighted by atomic mass is 28.4. The summed E-state index contributed by atoms with van der Waals surface area (Å²) in [6.45, 7) is 8.15.